The molecule has 6 nitrogen and oxygen atoms in total. The first-order valence-electron chi connectivity index (χ1n) is 8.88. The minimum absolute atomic E-state index is 0.162. The number of para-hydroxylation sites is 2. The van der Waals surface area contributed by atoms with E-state index in [0.29, 0.717) is 23.8 Å². The highest BCUT2D eigenvalue weighted by Crippen LogP contribution is 2.23. The molecule has 29 heavy (non-hydrogen) atoms. The van der Waals surface area contributed by atoms with Crippen LogP contribution >= 0.6 is 15.9 Å². The zero-order valence-corrected chi connectivity index (χ0v) is 16.8. The average molecular weight is 455 g/mol. The van der Waals surface area contributed by atoms with Crippen molar-refractivity contribution in [2.24, 2.45) is 0 Å². The van der Waals surface area contributed by atoms with E-state index in [0.717, 1.165) is 15.7 Å². The third-order valence-corrected chi connectivity index (χ3v) is 4.63. The normalized spacial score (nSPS) is 10.8. The van der Waals surface area contributed by atoms with Gasteiger partial charge in [-0.1, -0.05) is 12.1 Å². The van der Waals surface area contributed by atoms with Gasteiger partial charge in [0.2, 0.25) is 5.91 Å². The lowest BCUT2D eigenvalue weighted by atomic mass is 10.2. The minimum Gasteiger partial charge on any atom is -0.441 e. The number of oxazole rings is 1. The van der Waals surface area contributed by atoms with Gasteiger partial charge in [0.05, 0.1) is 28.2 Å². The molecule has 4 rings (SSSR count). The highest BCUT2D eigenvalue weighted by molar-refractivity contribution is 9.10. The topological polar surface area (TPSA) is 73.0 Å². The zero-order valence-electron chi connectivity index (χ0n) is 15.2. The van der Waals surface area contributed by atoms with Crippen LogP contribution in [0, 0.1) is 5.82 Å². The summed E-state index contributed by atoms with van der Waals surface area (Å²) in [5.74, 6) is 0.511. The monoisotopic (exact) mass is 454 g/mol. The SMILES string of the molecule is O=C(CCc1ncc(-c2ccc(F)cc2)o1)Nc1ccccc1-n1cc(Br)cn1. The van der Waals surface area contributed by atoms with Crippen LogP contribution in [-0.4, -0.2) is 20.7 Å². The van der Waals surface area contributed by atoms with E-state index >= 15 is 0 Å². The van der Waals surface area contributed by atoms with E-state index in [1.807, 2.05) is 30.5 Å². The molecule has 0 aliphatic heterocycles. The summed E-state index contributed by atoms with van der Waals surface area (Å²) in [6, 6.07) is 13.4. The summed E-state index contributed by atoms with van der Waals surface area (Å²) in [6.45, 7) is 0. The number of carbonyl (C=O) groups excluding carboxylic acids is 1. The van der Waals surface area contributed by atoms with E-state index in [-0.39, 0.29) is 18.1 Å². The zero-order chi connectivity index (χ0) is 20.2. The Hall–Kier alpha value is -3.26. The van der Waals surface area contributed by atoms with Gasteiger partial charge in [0.15, 0.2) is 11.7 Å². The lowest BCUT2D eigenvalue weighted by molar-refractivity contribution is -0.116. The van der Waals surface area contributed by atoms with Crippen LogP contribution in [0.1, 0.15) is 12.3 Å². The highest BCUT2D eigenvalue weighted by atomic mass is 79.9. The van der Waals surface area contributed by atoms with Gasteiger partial charge in [-0.25, -0.2) is 14.1 Å². The number of carbonyl (C=O) groups is 1. The van der Waals surface area contributed by atoms with Crippen LogP contribution < -0.4 is 5.32 Å². The molecule has 2 heterocycles. The van der Waals surface area contributed by atoms with E-state index in [4.69, 9.17) is 4.42 Å². The van der Waals surface area contributed by atoms with Crippen molar-refractivity contribution in [1.82, 2.24) is 14.8 Å². The lowest BCUT2D eigenvalue weighted by Gasteiger charge is -2.10. The van der Waals surface area contributed by atoms with Crippen molar-refractivity contribution in [2.45, 2.75) is 12.8 Å². The van der Waals surface area contributed by atoms with Gasteiger partial charge in [0.25, 0.3) is 0 Å². The molecular formula is C21H16BrFN4O2. The van der Waals surface area contributed by atoms with Gasteiger partial charge in [-0.05, 0) is 52.3 Å². The van der Waals surface area contributed by atoms with Gasteiger partial charge >= 0.3 is 0 Å². The fraction of sp³-hybridized carbons (Fsp3) is 0.0952. The maximum absolute atomic E-state index is 13.0. The van der Waals surface area contributed by atoms with Crippen LogP contribution in [-0.2, 0) is 11.2 Å². The fourth-order valence-electron chi connectivity index (χ4n) is 2.82. The number of rotatable bonds is 6. The second kappa shape index (κ2) is 8.40. The molecule has 1 amide bonds. The first kappa shape index (κ1) is 19.1. The molecule has 0 radical (unpaired) electrons. The van der Waals surface area contributed by atoms with Crippen LogP contribution in [0.5, 0.6) is 0 Å². The quantitative estimate of drug-likeness (QED) is 0.444. The van der Waals surface area contributed by atoms with E-state index < -0.39 is 0 Å². The Morgan fingerprint density at radius 1 is 1.14 bits per heavy atom. The van der Waals surface area contributed by atoms with Crippen molar-refractivity contribution in [3.05, 3.63) is 83.3 Å². The average Bonchev–Trinajstić information content (AvgIpc) is 3.37. The fourth-order valence-corrected chi connectivity index (χ4v) is 3.10. The number of aromatic nitrogens is 3. The largest absolute Gasteiger partial charge is 0.441 e. The van der Waals surface area contributed by atoms with Gasteiger partial charge in [-0.3, -0.25) is 4.79 Å². The summed E-state index contributed by atoms with van der Waals surface area (Å²) in [5.41, 5.74) is 2.16. The van der Waals surface area contributed by atoms with Crippen molar-refractivity contribution in [1.29, 1.82) is 0 Å². The molecule has 146 valence electrons. The maximum Gasteiger partial charge on any atom is 0.224 e. The molecule has 0 atom stereocenters. The molecular weight excluding hydrogens is 439 g/mol. The van der Waals surface area contributed by atoms with Crippen LogP contribution in [0.15, 0.2) is 76.0 Å². The molecule has 0 fully saturated rings. The van der Waals surface area contributed by atoms with E-state index in [2.05, 4.69) is 31.3 Å². The van der Waals surface area contributed by atoms with Crippen LogP contribution in [0.2, 0.25) is 0 Å². The van der Waals surface area contributed by atoms with E-state index in [9.17, 15) is 9.18 Å². The van der Waals surface area contributed by atoms with Gasteiger partial charge in [-0.2, -0.15) is 5.10 Å². The summed E-state index contributed by atoms with van der Waals surface area (Å²) in [5, 5.41) is 7.16. The summed E-state index contributed by atoms with van der Waals surface area (Å²) >= 11 is 3.37. The van der Waals surface area contributed by atoms with Crippen LogP contribution in [0.3, 0.4) is 0 Å². The summed E-state index contributed by atoms with van der Waals surface area (Å²) in [7, 11) is 0. The van der Waals surface area contributed by atoms with Crippen molar-refractivity contribution >= 4 is 27.5 Å². The minimum atomic E-state index is -0.312. The molecule has 0 bridgehead atoms. The number of amides is 1. The molecule has 0 saturated heterocycles. The number of halogens is 2. The Kier molecular flexibility index (Phi) is 5.53. The van der Waals surface area contributed by atoms with Crippen molar-refractivity contribution in [2.75, 3.05) is 5.32 Å². The molecule has 0 aliphatic carbocycles. The molecule has 0 saturated carbocycles. The smallest absolute Gasteiger partial charge is 0.224 e. The molecule has 1 N–H and O–H groups in total. The van der Waals surface area contributed by atoms with Crippen molar-refractivity contribution < 1.29 is 13.6 Å². The molecule has 0 aliphatic rings. The van der Waals surface area contributed by atoms with Gasteiger partial charge in [0, 0.05) is 24.6 Å². The standard InChI is InChI=1S/C21H16BrFN4O2/c22-15-11-25-27(13-15)18-4-2-1-3-17(18)26-20(28)9-10-21-24-12-19(29-21)14-5-7-16(23)8-6-14/h1-8,11-13H,9-10H2,(H,26,28). The predicted molar refractivity (Wildman–Crippen MR) is 110 cm³/mol. The summed E-state index contributed by atoms with van der Waals surface area (Å²) in [6.07, 6.45) is 5.63. The van der Waals surface area contributed by atoms with Crippen molar-refractivity contribution in [3.8, 4) is 17.0 Å². The molecule has 0 unspecified atom stereocenters. The number of aryl methyl sites for hydroxylation is 1. The Morgan fingerprint density at radius 3 is 2.69 bits per heavy atom. The third-order valence-electron chi connectivity index (χ3n) is 4.22. The number of anilines is 1. The number of hydrogen-bond acceptors (Lipinski definition) is 4. The molecule has 2 aromatic carbocycles. The molecule has 8 heteroatoms. The number of benzene rings is 2. The Morgan fingerprint density at radius 2 is 1.93 bits per heavy atom. The number of nitrogens with zero attached hydrogens (tertiary/aromatic N) is 3. The molecule has 2 aromatic heterocycles. The first-order valence-corrected chi connectivity index (χ1v) is 9.68. The third kappa shape index (κ3) is 4.60. The first-order chi connectivity index (χ1) is 14.1. The molecule has 0 spiro atoms. The van der Waals surface area contributed by atoms with E-state index in [1.165, 1.54) is 12.1 Å². The second-order valence-electron chi connectivity index (χ2n) is 6.29. The summed E-state index contributed by atoms with van der Waals surface area (Å²) < 4.78 is 21.2. The summed E-state index contributed by atoms with van der Waals surface area (Å²) in [4.78, 5) is 16.6. The maximum atomic E-state index is 13.0. The van der Waals surface area contributed by atoms with E-state index in [1.54, 1.807) is 29.2 Å². The lowest BCUT2D eigenvalue weighted by Crippen LogP contribution is -2.14. The number of hydrogen-bond donors (Lipinski definition) is 1. The molecule has 4 aromatic rings. The Bertz CT molecular complexity index is 1140. The Labute approximate surface area is 174 Å². The van der Waals surface area contributed by atoms with Gasteiger partial charge in [0.1, 0.15) is 5.82 Å². The number of nitrogens with one attached hydrogen (secondary N) is 1. The van der Waals surface area contributed by atoms with Gasteiger partial charge in [-0.15, -0.1) is 0 Å². The Balaban J connectivity index is 1.40. The van der Waals surface area contributed by atoms with Crippen molar-refractivity contribution in [3.63, 3.8) is 0 Å². The van der Waals surface area contributed by atoms with Crippen LogP contribution in [0.25, 0.3) is 17.0 Å². The second-order valence-corrected chi connectivity index (χ2v) is 7.21. The predicted octanol–water partition coefficient (Wildman–Crippen LogP) is 5.00. The van der Waals surface area contributed by atoms with Crippen LogP contribution in [0.4, 0.5) is 10.1 Å². The van der Waals surface area contributed by atoms with Gasteiger partial charge < -0.3 is 9.73 Å². The highest BCUT2D eigenvalue weighted by Gasteiger charge is 2.12.